The monoisotopic (exact) mass is 509 g/mol. The van der Waals surface area contributed by atoms with Gasteiger partial charge < -0.3 is 0 Å². The van der Waals surface area contributed by atoms with Gasteiger partial charge in [0, 0.05) is 28.3 Å². The highest BCUT2D eigenvalue weighted by Gasteiger charge is 2.31. The Balaban J connectivity index is 1.62. The van der Waals surface area contributed by atoms with Crippen molar-refractivity contribution in [3.63, 3.8) is 0 Å². The highest BCUT2D eigenvalue weighted by Crippen LogP contribution is 2.24. The van der Waals surface area contributed by atoms with Crippen LogP contribution in [0, 0.1) is 25.7 Å². The van der Waals surface area contributed by atoms with Crippen molar-refractivity contribution in [1.82, 2.24) is 15.4 Å². The Hall–Kier alpha value is -4.14. The minimum Gasteiger partial charge on any atom is -0.267 e. The Morgan fingerprint density at radius 3 is 2.41 bits per heavy atom. The van der Waals surface area contributed by atoms with E-state index in [2.05, 4.69) is 22.3 Å². The quantitative estimate of drug-likeness (QED) is 0.248. The third kappa shape index (κ3) is 5.82. The fourth-order valence-electron chi connectivity index (χ4n) is 3.88. The van der Waals surface area contributed by atoms with Gasteiger partial charge in [0.15, 0.2) is 0 Å². The average molecular weight is 510 g/mol. The fourth-order valence-corrected chi connectivity index (χ4v) is 4.18. The van der Waals surface area contributed by atoms with Gasteiger partial charge in [-0.2, -0.15) is 0 Å². The SMILES string of the molecule is Cc1ccc(C(=O)NN(C(=O)c2c(C)cccc2Cl)C(C)(C)C)cc1C#Cc1cnc2ccccc2c1. The number of hydrogen-bond donors (Lipinski definition) is 1. The van der Waals surface area contributed by atoms with Crippen molar-refractivity contribution in [3.8, 4) is 11.8 Å². The Labute approximate surface area is 222 Å². The lowest BCUT2D eigenvalue weighted by molar-refractivity contribution is 0.0358. The van der Waals surface area contributed by atoms with E-state index in [0.29, 0.717) is 16.1 Å². The number of nitrogens with zero attached hydrogens (tertiary/aromatic N) is 2. The van der Waals surface area contributed by atoms with Gasteiger partial charge in [0.1, 0.15) is 0 Å². The molecule has 0 saturated carbocycles. The summed E-state index contributed by atoms with van der Waals surface area (Å²) in [5.74, 6) is 5.53. The highest BCUT2D eigenvalue weighted by molar-refractivity contribution is 6.34. The molecule has 0 aliphatic heterocycles. The number of halogens is 1. The van der Waals surface area contributed by atoms with Crippen LogP contribution in [0.4, 0.5) is 0 Å². The molecule has 1 heterocycles. The van der Waals surface area contributed by atoms with Crippen LogP contribution < -0.4 is 5.43 Å². The molecule has 3 aromatic carbocycles. The molecule has 6 heteroatoms. The molecule has 0 atom stereocenters. The number of rotatable bonds is 2. The predicted octanol–water partition coefficient (Wildman–Crippen LogP) is 6.49. The fraction of sp³-hybridized carbons (Fsp3) is 0.194. The highest BCUT2D eigenvalue weighted by atomic mass is 35.5. The van der Waals surface area contributed by atoms with Gasteiger partial charge >= 0.3 is 0 Å². The molecule has 0 unspecified atom stereocenters. The first kappa shape index (κ1) is 25.9. The number of carbonyl (C=O) groups is 2. The molecule has 37 heavy (non-hydrogen) atoms. The second kappa shape index (κ2) is 10.5. The minimum absolute atomic E-state index is 0.338. The van der Waals surface area contributed by atoms with Gasteiger partial charge in [-0.1, -0.05) is 59.8 Å². The Morgan fingerprint density at radius 1 is 0.919 bits per heavy atom. The van der Waals surface area contributed by atoms with Crippen LogP contribution in [-0.4, -0.2) is 27.3 Å². The molecule has 4 rings (SSSR count). The van der Waals surface area contributed by atoms with Gasteiger partial charge in [-0.15, -0.1) is 0 Å². The summed E-state index contributed by atoms with van der Waals surface area (Å²) in [5.41, 5.74) is 6.93. The maximum atomic E-state index is 13.5. The van der Waals surface area contributed by atoms with E-state index in [1.165, 1.54) is 5.01 Å². The van der Waals surface area contributed by atoms with E-state index in [-0.39, 0.29) is 5.91 Å². The van der Waals surface area contributed by atoms with Gasteiger partial charge in [-0.25, -0.2) is 5.01 Å². The molecule has 0 bridgehead atoms. The second-order valence-electron chi connectivity index (χ2n) is 9.88. The number of aryl methyl sites for hydroxylation is 2. The van der Waals surface area contributed by atoms with Crippen molar-refractivity contribution in [3.05, 3.63) is 111 Å². The lowest BCUT2D eigenvalue weighted by Crippen LogP contribution is -2.56. The summed E-state index contributed by atoms with van der Waals surface area (Å²) in [6.07, 6.45) is 1.74. The average Bonchev–Trinajstić information content (AvgIpc) is 2.85. The summed E-state index contributed by atoms with van der Waals surface area (Å²) in [6, 6.07) is 20.4. The van der Waals surface area contributed by atoms with Crippen molar-refractivity contribution < 1.29 is 9.59 Å². The number of pyridine rings is 1. The number of amides is 2. The van der Waals surface area contributed by atoms with E-state index < -0.39 is 11.4 Å². The Bertz CT molecular complexity index is 1550. The maximum Gasteiger partial charge on any atom is 0.274 e. The molecule has 0 radical (unpaired) electrons. The topological polar surface area (TPSA) is 62.3 Å². The number of aromatic nitrogens is 1. The van der Waals surface area contributed by atoms with Crippen LogP contribution in [0.5, 0.6) is 0 Å². The number of hydrogen-bond acceptors (Lipinski definition) is 3. The normalized spacial score (nSPS) is 11.0. The van der Waals surface area contributed by atoms with E-state index in [1.807, 2.05) is 77.1 Å². The zero-order valence-electron chi connectivity index (χ0n) is 21.5. The molecular weight excluding hydrogens is 482 g/mol. The number of carbonyl (C=O) groups excluding carboxylic acids is 2. The van der Waals surface area contributed by atoms with Gasteiger partial charge in [0.25, 0.3) is 11.8 Å². The molecule has 1 N–H and O–H groups in total. The molecule has 0 fully saturated rings. The standard InChI is InChI=1S/C31H28ClN3O2/c1-20-13-15-25(18-23(20)16-14-22-17-24-10-6-7-12-27(24)33-19-22)29(36)34-35(31(3,4)5)30(37)28-21(2)9-8-11-26(28)32/h6-13,15,17-19H,1-5H3,(H,34,36). The minimum atomic E-state index is -0.700. The van der Waals surface area contributed by atoms with E-state index in [9.17, 15) is 9.59 Å². The van der Waals surface area contributed by atoms with Crippen molar-refractivity contribution in [2.24, 2.45) is 0 Å². The molecule has 1 aromatic heterocycles. The van der Waals surface area contributed by atoms with Crippen LogP contribution in [0.2, 0.25) is 5.02 Å². The largest absolute Gasteiger partial charge is 0.274 e. The summed E-state index contributed by atoms with van der Waals surface area (Å²) in [6.45, 7) is 9.30. The Kier molecular flexibility index (Phi) is 7.33. The zero-order valence-corrected chi connectivity index (χ0v) is 22.3. The first-order valence-electron chi connectivity index (χ1n) is 11.9. The maximum absolute atomic E-state index is 13.5. The smallest absolute Gasteiger partial charge is 0.267 e. The molecule has 0 spiro atoms. The number of benzene rings is 3. The third-order valence-electron chi connectivity index (χ3n) is 5.95. The van der Waals surface area contributed by atoms with Gasteiger partial charge in [-0.3, -0.25) is 20.0 Å². The van der Waals surface area contributed by atoms with Crippen LogP contribution in [0.1, 0.15) is 63.7 Å². The molecule has 2 amide bonds. The van der Waals surface area contributed by atoms with Crippen molar-refractivity contribution in [2.75, 3.05) is 0 Å². The zero-order chi connectivity index (χ0) is 26.7. The van der Waals surface area contributed by atoms with Crippen LogP contribution >= 0.6 is 11.6 Å². The molecule has 4 aromatic rings. The summed E-state index contributed by atoms with van der Waals surface area (Å²) in [5, 5.41) is 2.68. The van der Waals surface area contributed by atoms with Crippen molar-refractivity contribution >= 4 is 34.3 Å². The van der Waals surface area contributed by atoms with Crippen LogP contribution in [-0.2, 0) is 0 Å². The lowest BCUT2D eigenvalue weighted by atomic mass is 10.0. The summed E-state index contributed by atoms with van der Waals surface area (Å²) in [7, 11) is 0. The van der Waals surface area contributed by atoms with E-state index in [1.54, 1.807) is 30.5 Å². The molecule has 0 saturated heterocycles. The van der Waals surface area contributed by atoms with Gasteiger partial charge in [0.05, 0.1) is 21.6 Å². The summed E-state index contributed by atoms with van der Waals surface area (Å²) in [4.78, 5) is 31.2. The molecule has 0 aliphatic carbocycles. The lowest BCUT2D eigenvalue weighted by Gasteiger charge is -2.36. The molecule has 5 nitrogen and oxygen atoms in total. The van der Waals surface area contributed by atoms with Crippen LogP contribution in [0.3, 0.4) is 0 Å². The first-order valence-corrected chi connectivity index (χ1v) is 12.3. The number of para-hydroxylation sites is 1. The number of nitrogens with one attached hydrogen (secondary N) is 1. The number of fused-ring (bicyclic) bond motifs is 1. The van der Waals surface area contributed by atoms with Crippen molar-refractivity contribution in [2.45, 2.75) is 40.2 Å². The van der Waals surface area contributed by atoms with Gasteiger partial charge in [-0.05, 0) is 76.1 Å². The second-order valence-corrected chi connectivity index (χ2v) is 10.3. The summed E-state index contributed by atoms with van der Waals surface area (Å²) >= 11 is 6.35. The third-order valence-corrected chi connectivity index (χ3v) is 6.27. The molecular formula is C31H28ClN3O2. The van der Waals surface area contributed by atoms with Crippen LogP contribution in [0.15, 0.2) is 72.9 Å². The molecule has 186 valence electrons. The van der Waals surface area contributed by atoms with E-state index in [0.717, 1.165) is 33.2 Å². The van der Waals surface area contributed by atoms with E-state index >= 15 is 0 Å². The molecule has 0 aliphatic rings. The predicted molar refractivity (Wildman–Crippen MR) is 148 cm³/mol. The van der Waals surface area contributed by atoms with Crippen LogP contribution in [0.25, 0.3) is 10.9 Å². The van der Waals surface area contributed by atoms with Gasteiger partial charge in [0.2, 0.25) is 0 Å². The van der Waals surface area contributed by atoms with E-state index in [4.69, 9.17) is 11.6 Å². The van der Waals surface area contributed by atoms with Crippen molar-refractivity contribution in [1.29, 1.82) is 0 Å². The Morgan fingerprint density at radius 2 is 1.68 bits per heavy atom. The number of hydrazine groups is 1. The first-order chi connectivity index (χ1) is 17.5. The summed E-state index contributed by atoms with van der Waals surface area (Å²) < 4.78 is 0.